The lowest BCUT2D eigenvalue weighted by Crippen LogP contribution is -2.52. The van der Waals surface area contributed by atoms with Gasteiger partial charge in [0.1, 0.15) is 12.6 Å². The van der Waals surface area contributed by atoms with Gasteiger partial charge in [0.15, 0.2) is 0 Å². The van der Waals surface area contributed by atoms with Gasteiger partial charge in [0.05, 0.1) is 20.6 Å². The van der Waals surface area contributed by atoms with E-state index in [1.54, 1.807) is 50.2 Å². The minimum atomic E-state index is -4.18. The van der Waals surface area contributed by atoms with Crippen LogP contribution in [0.4, 0.5) is 5.69 Å². The van der Waals surface area contributed by atoms with Crippen molar-refractivity contribution in [3.05, 3.63) is 92.9 Å². The fourth-order valence-electron chi connectivity index (χ4n) is 4.09. The van der Waals surface area contributed by atoms with Crippen molar-refractivity contribution in [3.63, 3.8) is 0 Å². The second kappa shape index (κ2) is 13.5. The molecule has 1 unspecified atom stereocenters. The van der Waals surface area contributed by atoms with Gasteiger partial charge in [0, 0.05) is 18.1 Å². The van der Waals surface area contributed by atoms with Crippen LogP contribution in [0.15, 0.2) is 71.6 Å². The average molecular weight is 611 g/mol. The van der Waals surface area contributed by atoms with Crippen LogP contribution in [0.1, 0.15) is 31.4 Å². The highest BCUT2D eigenvalue weighted by molar-refractivity contribution is 7.92. The molecule has 2 amide bonds. The number of carbonyl (C=O) groups is 2. The SMILES string of the molecule is CCNC(=O)C(CC)N(Cc1ccc(Cl)c(Cl)c1)C(=O)CN(c1cccc(C)c1)S(=O)(=O)c1ccc(Cl)cc1. The Morgan fingerprint density at radius 1 is 0.923 bits per heavy atom. The molecule has 0 aliphatic rings. The zero-order valence-corrected chi connectivity index (χ0v) is 24.9. The molecule has 3 aromatic carbocycles. The fourth-order valence-corrected chi connectivity index (χ4v) is 5.94. The number of halogens is 3. The van der Waals surface area contributed by atoms with Gasteiger partial charge < -0.3 is 10.2 Å². The van der Waals surface area contributed by atoms with E-state index in [-0.39, 0.29) is 17.3 Å². The largest absolute Gasteiger partial charge is 0.355 e. The molecule has 0 fully saturated rings. The highest BCUT2D eigenvalue weighted by Crippen LogP contribution is 2.27. The van der Waals surface area contributed by atoms with Gasteiger partial charge in [-0.05, 0) is 79.9 Å². The van der Waals surface area contributed by atoms with Gasteiger partial charge in [-0.1, -0.05) is 59.9 Å². The third kappa shape index (κ3) is 7.66. The zero-order valence-electron chi connectivity index (χ0n) is 21.8. The summed E-state index contributed by atoms with van der Waals surface area (Å²) in [5.74, 6) is -0.894. The number of amides is 2. The standard InChI is InChI=1S/C28H30Cl3N3O4S/c1-4-26(28(36)32-5-2)33(17-20-9-14-24(30)25(31)16-20)27(35)18-34(22-8-6-7-19(3)15-22)39(37,38)23-12-10-21(29)11-13-23/h6-16,26H,4-5,17-18H2,1-3H3,(H,32,36). The van der Waals surface area contributed by atoms with E-state index in [4.69, 9.17) is 34.8 Å². The fraction of sp³-hybridized carbons (Fsp3) is 0.286. The molecule has 1 atom stereocenters. The first-order valence-corrected chi connectivity index (χ1v) is 14.9. The van der Waals surface area contributed by atoms with Gasteiger partial charge in [0.25, 0.3) is 10.0 Å². The minimum absolute atomic E-state index is 0.0204. The van der Waals surface area contributed by atoms with Gasteiger partial charge in [-0.25, -0.2) is 8.42 Å². The predicted octanol–water partition coefficient (Wildman–Crippen LogP) is 6.09. The van der Waals surface area contributed by atoms with Crippen LogP contribution < -0.4 is 9.62 Å². The maximum absolute atomic E-state index is 14.0. The van der Waals surface area contributed by atoms with Crippen LogP contribution in [-0.2, 0) is 26.2 Å². The third-order valence-corrected chi connectivity index (χ3v) is 8.82. The van der Waals surface area contributed by atoms with Crippen LogP contribution in [0.3, 0.4) is 0 Å². The molecule has 0 heterocycles. The number of likely N-dealkylation sites (N-methyl/N-ethyl adjacent to an activating group) is 1. The summed E-state index contributed by atoms with van der Waals surface area (Å²) in [6, 6.07) is 16.7. The molecule has 0 saturated heterocycles. The first-order chi connectivity index (χ1) is 18.5. The Kier molecular flexibility index (Phi) is 10.7. The number of sulfonamides is 1. The Bertz CT molecular complexity index is 1430. The maximum Gasteiger partial charge on any atom is 0.264 e. The predicted molar refractivity (Wildman–Crippen MR) is 157 cm³/mol. The van der Waals surface area contributed by atoms with Crippen molar-refractivity contribution >= 4 is 62.3 Å². The third-order valence-electron chi connectivity index (χ3n) is 6.04. The van der Waals surface area contributed by atoms with Crippen molar-refractivity contribution in [1.82, 2.24) is 10.2 Å². The highest BCUT2D eigenvalue weighted by Gasteiger charge is 2.33. The van der Waals surface area contributed by atoms with Crippen molar-refractivity contribution in [2.24, 2.45) is 0 Å². The molecular formula is C28H30Cl3N3O4S. The molecule has 3 rings (SSSR count). The van der Waals surface area contributed by atoms with Crippen LogP contribution in [0, 0.1) is 6.92 Å². The van der Waals surface area contributed by atoms with Crippen LogP contribution in [0.25, 0.3) is 0 Å². The van der Waals surface area contributed by atoms with Crippen LogP contribution in [0.5, 0.6) is 0 Å². The van der Waals surface area contributed by atoms with Crippen LogP contribution in [-0.4, -0.2) is 44.3 Å². The van der Waals surface area contributed by atoms with E-state index in [9.17, 15) is 18.0 Å². The van der Waals surface area contributed by atoms with Gasteiger partial charge in [-0.3, -0.25) is 13.9 Å². The topological polar surface area (TPSA) is 86.8 Å². The Morgan fingerprint density at radius 2 is 1.62 bits per heavy atom. The quantitative estimate of drug-likeness (QED) is 0.285. The Hall–Kier alpha value is -2.78. The lowest BCUT2D eigenvalue weighted by Gasteiger charge is -2.33. The summed E-state index contributed by atoms with van der Waals surface area (Å²) in [6.07, 6.45) is 0.313. The highest BCUT2D eigenvalue weighted by atomic mass is 35.5. The van der Waals surface area contributed by atoms with E-state index in [1.165, 1.54) is 29.2 Å². The lowest BCUT2D eigenvalue weighted by molar-refractivity contribution is -0.140. The van der Waals surface area contributed by atoms with E-state index in [0.29, 0.717) is 39.3 Å². The molecule has 7 nitrogen and oxygen atoms in total. The van der Waals surface area contributed by atoms with Gasteiger partial charge >= 0.3 is 0 Å². The number of anilines is 1. The molecule has 0 aromatic heterocycles. The lowest BCUT2D eigenvalue weighted by atomic mass is 10.1. The molecule has 208 valence electrons. The summed E-state index contributed by atoms with van der Waals surface area (Å²) >= 11 is 18.3. The Morgan fingerprint density at radius 3 is 2.21 bits per heavy atom. The monoisotopic (exact) mass is 609 g/mol. The molecular weight excluding hydrogens is 581 g/mol. The van der Waals surface area contributed by atoms with Crippen LogP contribution in [0.2, 0.25) is 15.1 Å². The summed E-state index contributed by atoms with van der Waals surface area (Å²) in [5, 5.41) is 3.81. The summed E-state index contributed by atoms with van der Waals surface area (Å²) in [5.41, 5.74) is 1.78. The van der Waals surface area contributed by atoms with E-state index >= 15 is 0 Å². The summed E-state index contributed by atoms with van der Waals surface area (Å²) in [6.45, 7) is 5.27. The van der Waals surface area contributed by atoms with Gasteiger partial charge in [-0.2, -0.15) is 0 Å². The zero-order chi connectivity index (χ0) is 28.7. The second-order valence-corrected chi connectivity index (χ2v) is 12.0. The molecule has 0 aliphatic heterocycles. The maximum atomic E-state index is 14.0. The first kappa shape index (κ1) is 30.8. The molecule has 11 heteroatoms. The van der Waals surface area contributed by atoms with E-state index < -0.39 is 28.5 Å². The molecule has 3 aromatic rings. The normalized spacial score (nSPS) is 12.1. The number of carbonyl (C=O) groups excluding carboxylic acids is 2. The van der Waals surface area contributed by atoms with Crippen LogP contribution >= 0.6 is 34.8 Å². The second-order valence-electron chi connectivity index (χ2n) is 8.89. The number of aryl methyl sites for hydroxylation is 1. The van der Waals surface area contributed by atoms with E-state index in [0.717, 1.165) is 9.87 Å². The van der Waals surface area contributed by atoms with Gasteiger partial charge in [-0.15, -0.1) is 0 Å². The molecule has 1 N–H and O–H groups in total. The van der Waals surface area contributed by atoms with Crippen molar-refractivity contribution in [1.29, 1.82) is 0 Å². The number of rotatable bonds is 11. The Labute approximate surface area is 244 Å². The molecule has 0 saturated carbocycles. The minimum Gasteiger partial charge on any atom is -0.355 e. The smallest absolute Gasteiger partial charge is 0.264 e. The summed E-state index contributed by atoms with van der Waals surface area (Å²) < 4.78 is 28.7. The van der Waals surface area contributed by atoms with Gasteiger partial charge in [0.2, 0.25) is 11.8 Å². The van der Waals surface area contributed by atoms with Crippen molar-refractivity contribution in [2.75, 3.05) is 17.4 Å². The van der Waals surface area contributed by atoms with E-state index in [1.807, 2.05) is 13.0 Å². The molecule has 0 radical (unpaired) electrons. The molecule has 0 aliphatic carbocycles. The number of hydrogen-bond donors (Lipinski definition) is 1. The van der Waals surface area contributed by atoms with Crippen molar-refractivity contribution in [3.8, 4) is 0 Å². The number of nitrogens with one attached hydrogen (secondary N) is 1. The number of nitrogens with zero attached hydrogens (tertiary/aromatic N) is 2. The average Bonchev–Trinajstić information content (AvgIpc) is 2.89. The summed E-state index contributed by atoms with van der Waals surface area (Å²) in [4.78, 5) is 28.3. The Balaban J connectivity index is 2.07. The van der Waals surface area contributed by atoms with Crippen molar-refractivity contribution < 1.29 is 18.0 Å². The molecule has 0 spiro atoms. The van der Waals surface area contributed by atoms with Crippen molar-refractivity contribution in [2.45, 2.75) is 44.7 Å². The van der Waals surface area contributed by atoms with E-state index in [2.05, 4.69) is 5.32 Å². The first-order valence-electron chi connectivity index (χ1n) is 12.3. The molecule has 39 heavy (non-hydrogen) atoms. The number of benzene rings is 3. The number of hydrogen-bond acceptors (Lipinski definition) is 4. The molecule has 0 bridgehead atoms. The summed E-state index contributed by atoms with van der Waals surface area (Å²) in [7, 11) is -4.18.